The lowest BCUT2D eigenvalue weighted by molar-refractivity contribution is -0.229. The highest BCUT2D eigenvalue weighted by Crippen LogP contribution is 2.71. The molecular formula is C34H33ClF2O8. The number of aliphatic hydroxyl groups is 1. The van der Waals surface area contributed by atoms with Gasteiger partial charge in [0.15, 0.2) is 11.5 Å². The second-order valence-corrected chi connectivity index (χ2v) is 13.6. The quantitative estimate of drug-likeness (QED) is 0.320. The molecule has 0 unspecified atom stereocenters. The average Bonchev–Trinajstić information content (AvgIpc) is 3.20. The van der Waals surface area contributed by atoms with Gasteiger partial charge >= 0.3 is 11.9 Å². The van der Waals surface area contributed by atoms with E-state index in [2.05, 4.69) is 0 Å². The highest BCUT2D eigenvalue weighted by molar-refractivity contribution is 6.32. The van der Waals surface area contributed by atoms with E-state index in [0.29, 0.717) is 11.5 Å². The molecular weight excluding hydrogens is 610 g/mol. The number of carboxylic acids is 1. The summed E-state index contributed by atoms with van der Waals surface area (Å²) in [6, 6.07) is 10.1. The first-order valence-electron chi connectivity index (χ1n) is 14.8. The maximum absolute atomic E-state index is 17.5. The van der Waals surface area contributed by atoms with Gasteiger partial charge in [0, 0.05) is 28.7 Å². The number of halogens is 3. The minimum atomic E-state index is -2.39. The smallest absolute Gasteiger partial charge is 0.349 e. The number of phenols is 1. The number of benzene rings is 2. The molecule has 238 valence electrons. The molecule has 2 aromatic carbocycles. The molecule has 0 aromatic heterocycles. The van der Waals surface area contributed by atoms with Crippen LogP contribution in [-0.4, -0.2) is 56.6 Å². The van der Waals surface area contributed by atoms with Gasteiger partial charge in [0.1, 0.15) is 23.4 Å². The molecule has 0 saturated heterocycles. The molecule has 0 bridgehead atoms. The van der Waals surface area contributed by atoms with Crippen LogP contribution in [0.15, 0.2) is 66.3 Å². The highest BCUT2D eigenvalue weighted by atomic mass is 35.5. The molecule has 4 aliphatic rings. The van der Waals surface area contributed by atoms with Crippen molar-refractivity contribution < 1.29 is 48.0 Å². The first-order valence-corrected chi connectivity index (χ1v) is 15.2. The summed E-state index contributed by atoms with van der Waals surface area (Å²) in [5.41, 5.74) is -7.63. The van der Waals surface area contributed by atoms with Crippen molar-refractivity contribution in [1.82, 2.24) is 0 Å². The number of carbonyl (C=O) groups excluding carboxylic acids is 2. The van der Waals surface area contributed by atoms with E-state index in [9.17, 15) is 29.7 Å². The van der Waals surface area contributed by atoms with E-state index in [1.807, 2.05) is 0 Å². The molecule has 6 rings (SSSR count). The zero-order chi connectivity index (χ0) is 32.7. The molecule has 2 aromatic rings. The highest BCUT2D eigenvalue weighted by Gasteiger charge is 2.78. The largest absolute Gasteiger partial charge is 0.506 e. The van der Waals surface area contributed by atoms with E-state index < -0.39 is 69.9 Å². The maximum Gasteiger partial charge on any atom is 0.349 e. The zero-order valence-corrected chi connectivity index (χ0v) is 25.6. The summed E-state index contributed by atoms with van der Waals surface area (Å²) >= 11 is 5.83. The lowest BCUT2D eigenvalue weighted by Crippen LogP contribution is -2.71. The van der Waals surface area contributed by atoms with Crippen molar-refractivity contribution in [2.75, 3.05) is 0 Å². The number of carboxylic acid groups (broad SMARTS) is 1. The Hall–Kier alpha value is -3.76. The molecule has 0 aliphatic heterocycles. The zero-order valence-electron chi connectivity index (χ0n) is 24.8. The van der Waals surface area contributed by atoms with Crippen LogP contribution in [-0.2, 0) is 14.3 Å². The molecule has 11 heteroatoms. The molecule has 4 aliphatic carbocycles. The maximum atomic E-state index is 17.5. The molecule has 0 spiro atoms. The lowest BCUT2D eigenvalue weighted by Gasteiger charge is -2.62. The van der Waals surface area contributed by atoms with Gasteiger partial charge in [-0.2, -0.15) is 0 Å². The van der Waals surface area contributed by atoms with Gasteiger partial charge in [0.2, 0.25) is 5.60 Å². The number of carbonyl (C=O) groups is 3. The van der Waals surface area contributed by atoms with Crippen molar-refractivity contribution >= 4 is 29.3 Å². The molecule has 45 heavy (non-hydrogen) atoms. The number of hydrogen-bond donors (Lipinski definition) is 3. The van der Waals surface area contributed by atoms with Crippen LogP contribution in [0, 0.1) is 28.6 Å². The van der Waals surface area contributed by atoms with Gasteiger partial charge in [-0.1, -0.05) is 31.5 Å². The lowest BCUT2D eigenvalue weighted by atomic mass is 9.44. The van der Waals surface area contributed by atoms with Crippen molar-refractivity contribution in [2.45, 2.75) is 63.6 Å². The third-order valence-electron chi connectivity index (χ3n) is 11.0. The van der Waals surface area contributed by atoms with E-state index in [-0.39, 0.29) is 41.2 Å². The summed E-state index contributed by atoms with van der Waals surface area (Å²) in [7, 11) is 0. The van der Waals surface area contributed by atoms with E-state index in [1.54, 1.807) is 19.9 Å². The summed E-state index contributed by atoms with van der Waals surface area (Å²) in [6.45, 7) is 4.65. The fourth-order valence-corrected chi connectivity index (χ4v) is 8.91. The van der Waals surface area contributed by atoms with E-state index >= 15 is 8.78 Å². The second-order valence-electron chi connectivity index (χ2n) is 13.2. The van der Waals surface area contributed by atoms with Crippen molar-refractivity contribution in [1.29, 1.82) is 0 Å². The predicted octanol–water partition coefficient (Wildman–Crippen LogP) is 6.38. The van der Waals surface area contributed by atoms with Crippen LogP contribution in [0.5, 0.6) is 17.2 Å². The molecule has 3 N–H and O–H groups in total. The van der Waals surface area contributed by atoms with Crippen molar-refractivity contribution in [3.8, 4) is 17.2 Å². The number of ketones is 1. The van der Waals surface area contributed by atoms with E-state index in [1.165, 1.54) is 55.5 Å². The Morgan fingerprint density at radius 3 is 2.36 bits per heavy atom. The molecule has 9 atom stereocenters. The number of hydrogen-bond acceptors (Lipinski definition) is 7. The number of ether oxygens (including phenoxy) is 2. The number of aliphatic hydroxyl groups excluding tert-OH is 1. The van der Waals surface area contributed by atoms with Crippen LogP contribution in [0.4, 0.5) is 8.78 Å². The van der Waals surface area contributed by atoms with Gasteiger partial charge in [-0.25, -0.2) is 18.4 Å². The topological polar surface area (TPSA) is 130 Å². The summed E-state index contributed by atoms with van der Waals surface area (Å²) in [5.74, 6) is -5.09. The Bertz CT molecular complexity index is 1660. The Balaban J connectivity index is 1.31. The van der Waals surface area contributed by atoms with E-state index in [4.69, 9.17) is 21.1 Å². The summed E-state index contributed by atoms with van der Waals surface area (Å²) in [6.07, 6.45) is -0.422. The first kappa shape index (κ1) is 31.2. The number of phenolic OH excluding ortho intramolecular Hbond substituents is 1. The third-order valence-corrected chi connectivity index (χ3v) is 11.3. The average molecular weight is 643 g/mol. The molecule has 0 radical (unpaired) electrons. The third kappa shape index (κ3) is 4.28. The van der Waals surface area contributed by atoms with Crippen molar-refractivity contribution in [3.05, 3.63) is 76.9 Å². The fraction of sp³-hybridized carbons (Fsp3) is 0.441. The van der Waals surface area contributed by atoms with Crippen LogP contribution in [0.25, 0.3) is 0 Å². The fourth-order valence-electron chi connectivity index (χ4n) is 8.80. The summed E-state index contributed by atoms with van der Waals surface area (Å²) < 4.78 is 44.8. The number of aliphatic carboxylic acids is 1. The SMILES string of the molecule is C[C@@H]1C[C@H]2[C@@H]3C[C@H](F)C4=CC(=O)C=C[C@]4(C)[C@@]3(F)[C@@H](O)C[C@]2(C)[C@@]1(OC(=O)c1ccc(Oc2ccc(Cl)c(O)c2)cc1)C(=O)O. The minimum Gasteiger partial charge on any atom is -0.506 e. The van der Waals surface area contributed by atoms with Crippen LogP contribution in [0.3, 0.4) is 0 Å². The minimum absolute atomic E-state index is 0.0261. The summed E-state index contributed by atoms with van der Waals surface area (Å²) in [5, 5.41) is 32.2. The van der Waals surface area contributed by atoms with E-state index in [0.717, 1.165) is 6.08 Å². The van der Waals surface area contributed by atoms with Crippen LogP contribution in [0.2, 0.25) is 5.02 Å². The standard InChI is InChI=1S/C34H33ClF2O8/c1-17-12-22-23-15-26(36)24-13-19(38)10-11-31(24,2)33(23,37)28(40)16-32(22,3)34(17,30(42)43)45-29(41)18-4-6-20(7-5-18)44-21-8-9-25(35)27(39)14-21/h4-11,13-14,17,22-23,26,28,39-40H,12,15-16H2,1-3H3,(H,42,43)/t17-,22+,23+,26+,28+,31+,32+,33+,34+/m1/s1. The Kier molecular flexibility index (Phi) is 7.21. The van der Waals surface area contributed by atoms with Gasteiger partial charge in [0.05, 0.1) is 16.7 Å². The van der Waals surface area contributed by atoms with Gasteiger partial charge in [-0.15, -0.1) is 0 Å². The molecule has 8 nitrogen and oxygen atoms in total. The molecule has 3 saturated carbocycles. The number of allylic oxidation sites excluding steroid dienone is 4. The molecule has 0 heterocycles. The number of alkyl halides is 2. The summed E-state index contributed by atoms with van der Waals surface area (Å²) in [4.78, 5) is 38.8. The molecule has 3 fully saturated rings. The Morgan fingerprint density at radius 2 is 1.71 bits per heavy atom. The monoisotopic (exact) mass is 642 g/mol. The second kappa shape index (κ2) is 10.4. The number of aromatic hydroxyl groups is 1. The number of fused-ring (bicyclic) bond motifs is 5. The Labute approximate surface area is 263 Å². The normalized spacial score (nSPS) is 38.4. The first-order chi connectivity index (χ1) is 21.1. The van der Waals surface area contributed by atoms with Gasteiger partial charge in [-0.05, 0) is 86.2 Å². The van der Waals surface area contributed by atoms with Gasteiger partial charge < -0.3 is 24.8 Å². The van der Waals surface area contributed by atoms with Crippen LogP contribution >= 0.6 is 11.6 Å². The molecule has 0 amide bonds. The predicted molar refractivity (Wildman–Crippen MR) is 159 cm³/mol. The number of esters is 1. The van der Waals surface area contributed by atoms with Crippen LogP contribution < -0.4 is 4.74 Å². The van der Waals surface area contributed by atoms with Crippen LogP contribution in [0.1, 0.15) is 50.4 Å². The van der Waals surface area contributed by atoms with Gasteiger partial charge in [-0.3, -0.25) is 4.79 Å². The Morgan fingerprint density at radius 1 is 1.04 bits per heavy atom. The van der Waals surface area contributed by atoms with Gasteiger partial charge in [0.25, 0.3) is 0 Å². The van der Waals surface area contributed by atoms with Crippen molar-refractivity contribution in [2.24, 2.45) is 28.6 Å². The number of rotatable bonds is 5. The van der Waals surface area contributed by atoms with Crippen molar-refractivity contribution in [3.63, 3.8) is 0 Å².